The summed E-state index contributed by atoms with van der Waals surface area (Å²) in [6, 6.07) is 12.9. The molecule has 0 amide bonds. The zero-order valence-corrected chi connectivity index (χ0v) is 13.4. The average molecular weight is 333 g/mol. The Morgan fingerprint density at radius 1 is 1.05 bits per heavy atom. The van der Waals surface area contributed by atoms with Crippen LogP contribution >= 0.6 is 15.9 Å². The summed E-state index contributed by atoms with van der Waals surface area (Å²) in [6.45, 7) is 5.95. The fourth-order valence-electron chi connectivity index (χ4n) is 1.86. The van der Waals surface area contributed by atoms with Crippen LogP contribution in [0.3, 0.4) is 0 Å². The number of ketones is 1. The molecule has 2 aromatic rings. The van der Waals surface area contributed by atoms with Crippen LogP contribution in [0.4, 0.5) is 0 Å². The van der Waals surface area contributed by atoms with Crippen LogP contribution in [-0.2, 0) is 0 Å². The van der Waals surface area contributed by atoms with Crippen LogP contribution < -0.4 is 4.74 Å². The number of hydrogen-bond donors (Lipinski definition) is 0. The lowest BCUT2D eigenvalue weighted by molar-refractivity contribution is 0.103. The first-order valence-corrected chi connectivity index (χ1v) is 7.34. The van der Waals surface area contributed by atoms with Gasteiger partial charge in [-0.2, -0.15) is 0 Å². The number of aryl methyl sites for hydroxylation is 1. The Hall–Kier alpha value is -1.61. The van der Waals surface area contributed by atoms with Crippen LogP contribution in [0.25, 0.3) is 0 Å². The van der Waals surface area contributed by atoms with E-state index in [4.69, 9.17) is 4.74 Å². The highest BCUT2D eigenvalue weighted by atomic mass is 79.9. The van der Waals surface area contributed by atoms with Crippen LogP contribution in [0.2, 0.25) is 0 Å². The van der Waals surface area contributed by atoms with E-state index in [0.29, 0.717) is 11.1 Å². The van der Waals surface area contributed by atoms with Crippen molar-refractivity contribution in [2.75, 3.05) is 0 Å². The fraction of sp³-hybridized carbons (Fsp3) is 0.235. The first kappa shape index (κ1) is 14.8. The fourth-order valence-corrected chi connectivity index (χ4v) is 2.24. The second kappa shape index (κ2) is 6.23. The number of hydrogen-bond acceptors (Lipinski definition) is 2. The summed E-state index contributed by atoms with van der Waals surface area (Å²) in [5, 5.41) is 0. The van der Waals surface area contributed by atoms with E-state index in [1.807, 2.05) is 51.1 Å². The predicted molar refractivity (Wildman–Crippen MR) is 84.5 cm³/mol. The summed E-state index contributed by atoms with van der Waals surface area (Å²) in [6.07, 6.45) is 0.129. The normalized spacial score (nSPS) is 10.7. The highest BCUT2D eigenvalue weighted by Gasteiger charge is 2.10. The van der Waals surface area contributed by atoms with Crippen LogP contribution in [0.5, 0.6) is 5.75 Å². The van der Waals surface area contributed by atoms with Crippen molar-refractivity contribution in [3.05, 3.63) is 63.6 Å². The monoisotopic (exact) mass is 332 g/mol. The third kappa shape index (κ3) is 3.48. The van der Waals surface area contributed by atoms with Crippen molar-refractivity contribution < 1.29 is 9.53 Å². The van der Waals surface area contributed by atoms with Crippen LogP contribution in [0.15, 0.2) is 46.9 Å². The first-order chi connectivity index (χ1) is 9.47. The maximum atomic E-state index is 12.4. The summed E-state index contributed by atoms with van der Waals surface area (Å²) in [5.41, 5.74) is 2.46. The summed E-state index contributed by atoms with van der Waals surface area (Å²) in [4.78, 5) is 12.4. The van der Waals surface area contributed by atoms with Gasteiger partial charge < -0.3 is 4.74 Å². The number of ether oxygens (including phenoxy) is 1. The number of benzene rings is 2. The molecule has 2 nitrogen and oxygen atoms in total. The van der Waals surface area contributed by atoms with Gasteiger partial charge in [0, 0.05) is 15.6 Å². The van der Waals surface area contributed by atoms with Gasteiger partial charge in [0.25, 0.3) is 0 Å². The van der Waals surface area contributed by atoms with Crippen molar-refractivity contribution in [3.63, 3.8) is 0 Å². The van der Waals surface area contributed by atoms with Crippen molar-refractivity contribution in [2.24, 2.45) is 0 Å². The molecule has 0 fully saturated rings. The minimum Gasteiger partial charge on any atom is -0.491 e. The Morgan fingerprint density at radius 2 is 1.65 bits per heavy atom. The summed E-state index contributed by atoms with van der Waals surface area (Å²) in [7, 11) is 0. The topological polar surface area (TPSA) is 26.3 Å². The average Bonchev–Trinajstić information content (AvgIpc) is 2.41. The van der Waals surface area contributed by atoms with Crippen LogP contribution in [0.1, 0.15) is 35.3 Å². The summed E-state index contributed by atoms with van der Waals surface area (Å²) >= 11 is 3.45. The quantitative estimate of drug-likeness (QED) is 0.753. The molecule has 104 valence electrons. The summed E-state index contributed by atoms with van der Waals surface area (Å²) < 4.78 is 6.52. The Morgan fingerprint density at radius 3 is 2.20 bits per heavy atom. The lowest BCUT2D eigenvalue weighted by atomic mass is 10.0. The van der Waals surface area contributed by atoms with Gasteiger partial charge >= 0.3 is 0 Å². The van der Waals surface area contributed by atoms with E-state index in [1.54, 1.807) is 12.1 Å². The molecule has 0 unspecified atom stereocenters. The van der Waals surface area contributed by atoms with Crippen molar-refractivity contribution in [1.82, 2.24) is 0 Å². The van der Waals surface area contributed by atoms with Crippen molar-refractivity contribution in [2.45, 2.75) is 26.9 Å². The molecule has 0 aromatic heterocycles. The Labute approximate surface area is 127 Å². The van der Waals surface area contributed by atoms with Gasteiger partial charge in [-0.1, -0.05) is 28.1 Å². The van der Waals surface area contributed by atoms with Gasteiger partial charge in [-0.05, 0) is 56.7 Å². The van der Waals surface area contributed by atoms with Gasteiger partial charge in [-0.25, -0.2) is 0 Å². The predicted octanol–water partition coefficient (Wildman–Crippen LogP) is 4.78. The standard InChI is InChI=1S/C17H17BrO2/c1-11(2)20-15-8-6-13(7-9-15)17(19)14-5-4-12(3)16(18)10-14/h4-11H,1-3H3. The van der Waals surface area contributed by atoms with Crippen molar-refractivity contribution in [1.29, 1.82) is 0 Å². The third-order valence-corrected chi connectivity index (χ3v) is 3.78. The molecule has 2 rings (SSSR count). The maximum Gasteiger partial charge on any atom is 0.193 e. The van der Waals surface area contributed by atoms with E-state index < -0.39 is 0 Å². The van der Waals surface area contributed by atoms with Gasteiger partial charge in [0.15, 0.2) is 5.78 Å². The molecular formula is C17H17BrO2. The zero-order chi connectivity index (χ0) is 14.7. The highest BCUT2D eigenvalue weighted by molar-refractivity contribution is 9.10. The molecule has 2 aromatic carbocycles. The molecule has 0 N–H and O–H groups in total. The number of halogens is 1. The molecule has 0 spiro atoms. The van der Waals surface area contributed by atoms with E-state index in [-0.39, 0.29) is 11.9 Å². The largest absolute Gasteiger partial charge is 0.491 e. The van der Waals surface area contributed by atoms with E-state index in [0.717, 1.165) is 15.8 Å². The molecule has 0 bridgehead atoms. The van der Waals surface area contributed by atoms with E-state index in [1.165, 1.54) is 0 Å². The molecule has 20 heavy (non-hydrogen) atoms. The Balaban J connectivity index is 2.22. The molecule has 0 aliphatic rings. The first-order valence-electron chi connectivity index (χ1n) is 6.55. The van der Waals surface area contributed by atoms with Gasteiger partial charge in [0.05, 0.1) is 6.10 Å². The van der Waals surface area contributed by atoms with Gasteiger partial charge in [-0.15, -0.1) is 0 Å². The second-order valence-electron chi connectivity index (χ2n) is 4.98. The molecule has 0 aliphatic heterocycles. The molecule has 0 saturated heterocycles. The maximum absolute atomic E-state index is 12.4. The molecule has 0 radical (unpaired) electrons. The molecule has 3 heteroatoms. The van der Waals surface area contributed by atoms with Gasteiger partial charge in [-0.3, -0.25) is 4.79 Å². The molecule has 0 saturated carbocycles. The minimum absolute atomic E-state index is 0.0156. The van der Waals surface area contributed by atoms with Crippen LogP contribution in [-0.4, -0.2) is 11.9 Å². The van der Waals surface area contributed by atoms with Crippen molar-refractivity contribution in [3.8, 4) is 5.75 Å². The van der Waals surface area contributed by atoms with E-state index >= 15 is 0 Å². The Kier molecular flexibility index (Phi) is 4.61. The van der Waals surface area contributed by atoms with Crippen LogP contribution in [0, 0.1) is 6.92 Å². The molecule has 0 aliphatic carbocycles. The zero-order valence-electron chi connectivity index (χ0n) is 11.8. The number of carbonyl (C=O) groups is 1. The van der Waals surface area contributed by atoms with Gasteiger partial charge in [0.2, 0.25) is 0 Å². The van der Waals surface area contributed by atoms with E-state index in [9.17, 15) is 4.79 Å². The third-order valence-electron chi connectivity index (χ3n) is 2.92. The smallest absolute Gasteiger partial charge is 0.193 e. The molecular weight excluding hydrogens is 316 g/mol. The van der Waals surface area contributed by atoms with Gasteiger partial charge in [0.1, 0.15) is 5.75 Å². The molecule has 0 atom stereocenters. The molecule has 0 heterocycles. The number of carbonyl (C=O) groups excluding carboxylic acids is 1. The second-order valence-corrected chi connectivity index (χ2v) is 5.84. The summed E-state index contributed by atoms with van der Waals surface area (Å²) in [5.74, 6) is 0.795. The lowest BCUT2D eigenvalue weighted by Crippen LogP contribution is -2.06. The Bertz CT molecular complexity index is 615. The highest BCUT2D eigenvalue weighted by Crippen LogP contribution is 2.21. The SMILES string of the molecule is Cc1ccc(C(=O)c2ccc(OC(C)C)cc2)cc1Br. The minimum atomic E-state index is 0.0156. The van der Waals surface area contributed by atoms with Crippen molar-refractivity contribution >= 4 is 21.7 Å². The van der Waals surface area contributed by atoms with E-state index in [2.05, 4.69) is 15.9 Å². The lowest BCUT2D eigenvalue weighted by Gasteiger charge is -2.10. The number of rotatable bonds is 4.